The molecule has 0 atom stereocenters. The van der Waals surface area contributed by atoms with Gasteiger partial charge in [-0.25, -0.2) is 14.5 Å². The molecule has 154 valence electrons. The molecule has 1 N–H and O–H groups in total. The summed E-state index contributed by atoms with van der Waals surface area (Å²) in [6.07, 6.45) is 3.64. The van der Waals surface area contributed by atoms with Crippen LogP contribution in [0.5, 0.6) is 11.5 Å². The van der Waals surface area contributed by atoms with Gasteiger partial charge in [-0.3, -0.25) is 4.79 Å². The van der Waals surface area contributed by atoms with Crippen LogP contribution in [0.3, 0.4) is 0 Å². The lowest BCUT2D eigenvalue weighted by atomic mass is 10.2. The summed E-state index contributed by atoms with van der Waals surface area (Å²) in [5.41, 5.74) is 1.83. The number of hydrogen-bond acceptors (Lipinski definition) is 7. The summed E-state index contributed by atoms with van der Waals surface area (Å²) in [5.74, 6) is 0.917. The van der Waals surface area contributed by atoms with Gasteiger partial charge < -0.3 is 19.5 Å². The van der Waals surface area contributed by atoms with Crippen molar-refractivity contribution in [1.29, 1.82) is 0 Å². The Kier molecular flexibility index (Phi) is 5.60. The molecule has 1 aliphatic rings. The third-order valence-electron chi connectivity index (χ3n) is 4.55. The van der Waals surface area contributed by atoms with Crippen molar-refractivity contribution in [3.63, 3.8) is 0 Å². The highest BCUT2D eigenvalue weighted by atomic mass is 16.7. The van der Waals surface area contributed by atoms with Gasteiger partial charge in [0.2, 0.25) is 6.79 Å². The number of rotatable bonds is 7. The van der Waals surface area contributed by atoms with E-state index >= 15 is 0 Å². The molecular weight excluding hydrogens is 388 g/mol. The minimum absolute atomic E-state index is 0.192. The first-order chi connectivity index (χ1) is 14.7. The number of amides is 1. The first kappa shape index (κ1) is 19.4. The van der Waals surface area contributed by atoms with E-state index in [0.717, 1.165) is 5.56 Å². The third kappa shape index (κ3) is 4.09. The molecule has 1 aromatic carbocycles. The van der Waals surface area contributed by atoms with Gasteiger partial charge in [0.05, 0.1) is 11.9 Å². The number of esters is 1. The SMILES string of the molecule is CCc1c(C(=O)OCC(=O)NCc2ccc3c(c2)OCO3)cnn1-c1ccccn1. The van der Waals surface area contributed by atoms with E-state index in [0.29, 0.717) is 35.0 Å². The summed E-state index contributed by atoms with van der Waals surface area (Å²) >= 11 is 0. The largest absolute Gasteiger partial charge is 0.454 e. The first-order valence-corrected chi connectivity index (χ1v) is 9.46. The van der Waals surface area contributed by atoms with Gasteiger partial charge in [-0.15, -0.1) is 0 Å². The Morgan fingerprint density at radius 3 is 2.87 bits per heavy atom. The zero-order valence-corrected chi connectivity index (χ0v) is 16.3. The topological polar surface area (TPSA) is 105 Å². The minimum Gasteiger partial charge on any atom is -0.454 e. The van der Waals surface area contributed by atoms with Crippen LogP contribution in [-0.4, -0.2) is 40.0 Å². The lowest BCUT2D eigenvalue weighted by molar-refractivity contribution is -0.124. The highest BCUT2D eigenvalue weighted by Gasteiger charge is 2.20. The van der Waals surface area contributed by atoms with Crippen LogP contribution in [0.1, 0.15) is 28.5 Å². The summed E-state index contributed by atoms with van der Waals surface area (Å²) in [4.78, 5) is 28.8. The Bertz CT molecular complexity index is 1060. The molecule has 0 saturated heterocycles. The summed E-state index contributed by atoms with van der Waals surface area (Å²) in [6, 6.07) is 10.9. The van der Waals surface area contributed by atoms with Crippen molar-refractivity contribution >= 4 is 11.9 Å². The molecule has 1 aliphatic heterocycles. The molecule has 0 bridgehead atoms. The van der Waals surface area contributed by atoms with Crippen molar-refractivity contribution in [3.8, 4) is 17.3 Å². The van der Waals surface area contributed by atoms with Crippen molar-refractivity contribution in [3.05, 3.63) is 65.6 Å². The van der Waals surface area contributed by atoms with Crippen LogP contribution in [0.4, 0.5) is 0 Å². The van der Waals surface area contributed by atoms with E-state index < -0.39 is 11.9 Å². The second-order valence-corrected chi connectivity index (χ2v) is 6.50. The maximum Gasteiger partial charge on any atom is 0.342 e. The van der Waals surface area contributed by atoms with Gasteiger partial charge in [0, 0.05) is 12.7 Å². The monoisotopic (exact) mass is 408 g/mol. The van der Waals surface area contributed by atoms with Crippen LogP contribution in [0.15, 0.2) is 48.8 Å². The second-order valence-electron chi connectivity index (χ2n) is 6.50. The highest BCUT2D eigenvalue weighted by Crippen LogP contribution is 2.32. The Morgan fingerprint density at radius 1 is 1.20 bits per heavy atom. The van der Waals surface area contributed by atoms with Crippen LogP contribution in [0, 0.1) is 0 Å². The average molecular weight is 408 g/mol. The molecule has 0 fully saturated rings. The standard InChI is InChI=1S/C21H20N4O5/c1-2-16-15(11-24-25(16)19-5-3-4-8-22-19)21(27)28-12-20(26)23-10-14-6-7-17-18(9-14)30-13-29-17/h3-9,11H,2,10,12-13H2,1H3,(H,23,26). The molecule has 0 spiro atoms. The smallest absolute Gasteiger partial charge is 0.342 e. The van der Waals surface area contributed by atoms with E-state index in [1.807, 2.05) is 19.1 Å². The normalized spacial score (nSPS) is 11.9. The maximum atomic E-state index is 12.5. The number of hydrogen-bond donors (Lipinski definition) is 1. The van der Waals surface area contributed by atoms with Crippen LogP contribution < -0.4 is 14.8 Å². The number of pyridine rings is 1. The van der Waals surface area contributed by atoms with E-state index in [4.69, 9.17) is 14.2 Å². The Morgan fingerprint density at radius 2 is 2.07 bits per heavy atom. The molecule has 0 aliphatic carbocycles. The number of nitrogens with one attached hydrogen (secondary N) is 1. The molecular formula is C21H20N4O5. The lowest BCUT2D eigenvalue weighted by Gasteiger charge is -2.08. The number of benzene rings is 1. The van der Waals surface area contributed by atoms with Crippen molar-refractivity contribution in [2.24, 2.45) is 0 Å². The van der Waals surface area contributed by atoms with Gasteiger partial charge >= 0.3 is 5.97 Å². The number of fused-ring (bicyclic) bond motifs is 1. The molecule has 3 aromatic rings. The summed E-state index contributed by atoms with van der Waals surface area (Å²) < 4.78 is 17.3. The number of aromatic nitrogens is 3. The van der Waals surface area contributed by atoms with E-state index in [9.17, 15) is 9.59 Å². The van der Waals surface area contributed by atoms with Crippen molar-refractivity contribution < 1.29 is 23.8 Å². The van der Waals surface area contributed by atoms with Crippen LogP contribution >= 0.6 is 0 Å². The Hall–Kier alpha value is -3.88. The van der Waals surface area contributed by atoms with E-state index in [1.54, 1.807) is 35.1 Å². The number of carbonyl (C=O) groups excluding carboxylic acids is 2. The number of nitrogens with zero attached hydrogens (tertiary/aromatic N) is 3. The van der Waals surface area contributed by atoms with Crippen molar-refractivity contribution in [2.75, 3.05) is 13.4 Å². The molecule has 9 heteroatoms. The second kappa shape index (κ2) is 8.64. The zero-order valence-electron chi connectivity index (χ0n) is 16.3. The van der Waals surface area contributed by atoms with E-state index in [1.165, 1.54) is 6.20 Å². The quantitative estimate of drug-likeness (QED) is 0.597. The van der Waals surface area contributed by atoms with Gasteiger partial charge in [0.25, 0.3) is 5.91 Å². The predicted molar refractivity (Wildman–Crippen MR) is 105 cm³/mol. The van der Waals surface area contributed by atoms with Gasteiger partial charge in [0.15, 0.2) is 23.9 Å². The molecule has 2 aromatic heterocycles. The average Bonchev–Trinajstić information content (AvgIpc) is 3.42. The molecule has 3 heterocycles. The molecule has 30 heavy (non-hydrogen) atoms. The summed E-state index contributed by atoms with van der Waals surface area (Å²) in [6.45, 7) is 2.00. The lowest BCUT2D eigenvalue weighted by Crippen LogP contribution is -2.28. The summed E-state index contributed by atoms with van der Waals surface area (Å²) in [5, 5.41) is 6.95. The maximum absolute atomic E-state index is 12.5. The number of ether oxygens (including phenoxy) is 3. The highest BCUT2D eigenvalue weighted by molar-refractivity contribution is 5.92. The molecule has 0 unspecified atom stereocenters. The third-order valence-corrected chi connectivity index (χ3v) is 4.55. The Balaban J connectivity index is 1.33. The van der Waals surface area contributed by atoms with E-state index in [-0.39, 0.29) is 19.9 Å². The first-order valence-electron chi connectivity index (χ1n) is 9.46. The zero-order chi connectivity index (χ0) is 20.9. The predicted octanol–water partition coefficient (Wildman–Crippen LogP) is 2.03. The molecule has 9 nitrogen and oxygen atoms in total. The fraction of sp³-hybridized carbons (Fsp3) is 0.238. The van der Waals surface area contributed by atoms with Crippen molar-refractivity contribution in [1.82, 2.24) is 20.1 Å². The number of carbonyl (C=O) groups is 2. The van der Waals surface area contributed by atoms with Gasteiger partial charge in [-0.1, -0.05) is 19.1 Å². The van der Waals surface area contributed by atoms with Crippen LogP contribution in [-0.2, 0) is 22.5 Å². The molecule has 1 amide bonds. The minimum atomic E-state index is -0.604. The van der Waals surface area contributed by atoms with Crippen LogP contribution in [0.25, 0.3) is 5.82 Å². The molecule has 0 saturated carbocycles. The molecule has 0 radical (unpaired) electrons. The van der Waals surface area contributed by atoms with Gasteiger partial charge in [-0.2, -0.15) is 5.10 Å². The Labute approximate surface area is 172 Å². The van der Waals surface area contributed by atoms with E-state index in [2.05, 4.69) is 15.4 Å². The fourth-order valence-electron chi connectivity index (χ4n) is 3.07. The van der Waals surface area contributed by atoms with Crippen molar-refractivity contribution in [2.45, 2.75) is 19.9 Å². The van der Waals surface area contributed by atoms with Gasteiger partial charge in [0.1, 0.15) is 5.56 Å². The molecule has 4 rings (SSSR count). The van der Waals surface area contributed by atoms with Crippen LogP contribution in [0.2, 0.25) is 0 Å². The van der Waals surface area contributed by atoms with Gasteiger partial charge in [-0.05, 0) is 36.2 Å². The summed E-state index contributed by atoms with van der Waals surface area (Å²) in [7, 11) is 0. The fourth-order valence-corrected chi connectivity index (χ4v) is 3.07.